The van der Waals surface area contributed by atoms with Crippen LogP contribution in [0, 0.1) is 0 Å². The second-order valence-corrected chi connectivity index (χ2v) is 5.83. The minimum atomic E-state index is 0.134. The summed E-state index contributed by atoms with van der Waals surface area (Å²) in [5.74, 6) is 0. The van der Waals surface area contributed by atoms with Gasteiger partial charge in [0.2, 0.25) is 0 Å². The quantitative estimate of drug-likeness (QED) is 0.723. The van der Waals surface area contributed by atoms with Crippen LogP contribution in [0.3, 0.4) is 0 Å². The molecule has 0 aliphatic rings. The maximum Gasteiger partial charge on any atom is 0.139 e. The molecule has 0 aliphatic carbocycles. The van der Waals surface area contributed by atoms with Gasteiger partial charge in [0.1, 0.15) is 10.0 Å². The van der Waals surface area contributed by atoms with Crippen molar-refractivity contribution in [2.45, 2.75) is 32.7 Å². The van der Waals surface area contributed by atoms with E-state index in [4.69, 9.17) is 4.74 Å². The van der Waals surface area contributed by atoms with Crippen molar-refractivity contribution < 1.29 is 4.74 Å². The maximum absolute atomic E-state index is 5.36. The van der Waals surface area contributed by atoms with Gasteiger partial charge in [-0.25, -0.2) is 0 Å². The van der Waals surface area contributed by atoms with Crippen LogP contribution < -0.4 is 5.32 Å². The van der Waals surface area contributed by atoms with Crippen molar-refractivity contribution in [3.05, 3.63) is 45.9 Å². The van der Waals surface area contributed by atoms with Crippen molar-refractivity contribution in [3.8, 4) is 0 Å². The lowest BCUT2D eigenvalue weighted by Gasteiger charge is -2.14. The molecule has 1 atom stereocenters. The average Bonchev–Trinajstić information content (AvgIpc) is 2.98. The minimum Gasteiger partial charge on any atom is -0.382 e. The van der Waals surface area contributed by atoms with Gasteiger partial charge in [-0.05, 0) is 25.5 Å². The third-order valence-electron chi connectivity index (χ3n) is 3.15. The lowest BCUT2D eigenvalue weighted by Crippen LogP contribution is -2.21. The molecule has 0 saturated carbocycles. The van der Waals surface area contributed by atoms with E-state index in [0.29, 0.717) is 0 Å². The summed E-state index contributed by atoms with van der Waals surface area (Å²) in [6.07, 6.45) is 1.94. The Morgan fingerprint density at radius 3 is 2.71 bits per heavy atom. The number of nitrogens with zero attached hydrogens (tertiary/aromatic N) is 2. The standard InChI is InChI=1S/C16H23N3OS/c1-3-17-15(13-9-6-5-7-10-13)16-19-18-14(21-16)11-8-12-20-4-2/h5-7,9-10,15,17H,3-4,8,11-12H2,1-2H3. The van der Waals surface area contributed by atoms with Gasteiger partial charge in [-0.3, -0.25) is 0 Å². The van der Waals surface area contributed by atoms with Gasteiger partial charge in [-0.15, -0.1) is 10.2 Å². The highest BCUT2D eigenvalue weighted by molar-refractivity contribution is 7.11. The van der Waals surface area contributed by atoms with Gasteiger partial charge in [-0.2, -0.15) is 0 Å². The van der Waals surface area contributed by atoms with Crippen LogP contribution in [0.2, 0.25) is 0 Å². The van der Waals surface area contributed by atoms with Crippen LogP contribution in [0.1, 0.15) is 41.9 Å². The molecule has 1 aromatic carbocycles. The highest BCUT2D eigenvalue weighted by Crippen LogP contribution is 2.25. The second kappa shape index (κ2) is 8.87. The molecule has 0 bridgehead atoms. The summed E-state index contributed by atoms with van der Waals surface area (Å²) in [4.78, 5) is 0. The molecule has 0 saturated heterocycles. The van der Waals surface area contributed by atoms with E-state index in [1.54, 1.807) is 11.3 Å². The number of aryl methyl sites for hydroxylation is 1. The number of hydrogen-bond acceptors (Lipinski definition) is 5. The van der Waals surface area contributed by atoms with Crippen molar-refractivity contribution in [1.29, 1.82) is 0 Å². The molecule has 1 heterocycles. The normalized spacial score (nSPS) is 12.5. The Labute approximate surface area is 130 Å². The van der Waals surface area contributed by atoms with Crippen molar-refractivity contribution in [2.75, 3.05) is 19.8 Å². The van der Waals surface area contributed by atoms with Crippen molar-refractivity contribution in [1.82, 2.24) is 15.5 Å². The van der Waals surface area contributed by atoms with Gasteiger partial charge in [0.05, 0.1) is 6.04 Å². The number of rotatable bonds is 9. The first-order chi connectivity index (χ1) is 10.3. The van der Waals surface area contributed by atoms with Crippen LogP contribution in [0.25, 0.3) is 0 Å². The molecule has 5 heteroatoms. The molecule has 2 aromatic rings. The van der Waals surface area contributed by atoms with Crippen LogP contribution in [0.5, 0.6) is 0 Å². The van der Waals surface area contributed by atoms with E-state index < -0.39 is 0 Å². The Balaban J connectivity index is 2.02. The molecule has 1 N–H and O–H groups in total. The first-order valence-electron chi connectivity index (χ1n) is 7.53. The third-order valence-corrected chi connectivity index (χ3v) is 4.20. The van der Waals surface area contributed by atoms with Crippen molar-refractivity contribution in [3.63, 3.8) is 0 Å². The largest absolute Gasteiger partial charge is 0.382 e. The van der Waals surface area contributed by atoms with Gasteiger partial charge in [0.25, 0.3) is 0 Å². The number of hydrogen-bond donors (Lipinski definition) is 1. The van der Waals surface area contributed by atoms with E-state index in [9.17, 15) is 0 Å². The Morgan fingerprint density at radius 2 is 2.00 bits per heavy atom. The zero-order valence-electron chi connectivity index (χ0n) is 12.7. The summed E-state index contributed by atoms with van der Waals surface area (Å²) in [6, 6.07) is 10.5. The first kappa shape index (κ1) is 16.1. The molecule has 0 fully saturated rings. The average molecular weight is 305 g/mol. The zero-order valence-corrected chi connectivity index (χ0v) is 13.5. The fraction of sp³-hybridized carbons (Fsp3) is 0.500. The topological polar surface area (TPSA) is 47.0 Å². The second-order valence-electron chi connectivity index (χ2n) is 4.74. The van der Waals surface area contributed by atoms with E-state index in [-0.39, 0.29) is 6.04 Å². The molecule has 0 spiro atoms. The van der Waals surface area contributed by atoms with Gasteiger partial charge in [-0.1, -0.05) is 48.6 Å². The Morgan fingerprint density at radius 1 is 1.19 bits per heavy atom. The number of ether oxygens (including phenoxy) is 1. The summed E-state index contributed by atoms with van der Waals surface area (Å²) in [7, 11) is 0. The Hall–Kier alpha value is -1.30. The predicted molar refractivity (Wildman–Crippen MR) is 86.7 cm³/mol. The molecule has 1 unspecified atom stereocenters. The lowest BCUT2D eigenvalue weighted by atomic mass is 10.1. The van der Waals surface area contributed by atoms with Gasteiger partial charge in [0, 0.05) is 19.6 Å². The zero-order chi connectivity index (χ0) is 14.9. The number of benzene rings is 1. The number of nitrogens with one attached hydrogen (secondary N) is 1. The highest BCUT2D eigenvalue weighted by Gasteiger charge is 2.17. The fourth-order valence-corrected chi connectivity index (χ4v) is 3.14. The lowest BCUT2D eigenvalue weighted by molar-refractivity contribution is 0.145. The molecular weight excluding hydrogens is 282 g/mol. The van der Waals surface area contributed by atoms with Crippen molar-refractivity contribution in [2.24, 2.45) is 0 Å². The van der Waals surface area contributed by atoms with E-state index in [2.05, 4.69) is 46.7 Å². The van der Waals surface area contributed by atoms with E-state index in [0.717, 1.165) is 42.6 Å². The van der Waals surface area contributed by atoms with Crippen LogP contribution in [-0.4, -0.2) is 30.0 Å². The molecule has 0 radical (unpaired) electrons. The van der Waals surface area contributed by atoms with Crippen LogP contribution in [0.4, 0.5) is 0 Å². The monoisotopic (exact) mass is 305 g/mol. The van der Waals surface area contributed by atoms with Gasteiger partial charge >= 0.3 is 0 Å². The molecule has 0 aliphatic heterocycles. The van der Waals surface area contributed by atoms with E-state index in [1.807, 2.05) is 13.0 Å². The first-order valence-corrected chi connectivity index (χ1v) is 8.35. The van der Waals surface area contributed by atoms with Crippen LogP contribution in [-0.2, 0) is 11.2 Å². The molecule has 2 rings (SSSR count). The van der Waals surface area contributed by atoms with Crippen molar-refractivity contribution >= 4 is 11.3 Å². The molecule has 0 amide bonds. The summed E-state index contributed by atoms with van der Waals surface area (Å²) in [5.41, 5.74) is 1.23. The van der Waals surface area contributed by atoms with Gasteiger partial charge < -0.3 is 10.1 Å². The maximum atomic E-state index is 5.36. The highest BCUT2D eigenvalue weighted by atomic mass is 32.1. The smallest absolute Gasteiger partial charge is 0.139 e. The molecule has 114 valence electrons. The Bertz CT molecular complexity index is 515. The SMILES string of the molecule is CCNC(c1ccccc1)c1nnc(CCCOCC)s1. The molecule has 4 nitrogen and oxygen atoms in total. The predicted octanol–water partition coefficient (Wildman–Crippen LogP) is 3.21. The molecule has 1 aromatic heterocycles. The summed E-state index contributed by atoms with van der Waals surface area (Å²) < 4.78 is 5.36. The fourth-order valence-electron chi connectivity index (χ4n) is 2.15. The molecular formula is C16H23N3OS. The summed E-state index contributed by atoms with van der Waals surface area (Å²) in [5, 5.41) is 14.3. The third kappa shape index (κ3) is 4.88. The van der Waals surface area contributed by atoms with E-state index >= 15 is 0 Å². The minimum absolute atomic E-state index is 0.134. The summed E-state index contributed by atoms with van der Waals surface area (Å²) in [6.45, 7) is 6.60. The van der Waals surface area contributed by atoms with Gasteiger partial charge in [0.15, 0.2) is 0 Å². The van der Waals surface area contributed by atoms with Crippen LogP contribution >= 0.6 is 11.3 Å². The summed E-state index contributed by atoms with van der Waals surface area (Å²) >= 11 is 1.69. The van der Waals surface area contributed by atoms with Crippen LogP contribution in [0.15, 0.2) is 30.3 Å². The number of aromatic nitrogens is 2. The Kier molecular flexibility index (Phi) is 6.79. The van der Waals surface area contributed by atoms with E-state index in [1.165, 1.54) is 5.56 Å². The molecule has 21 heavy (non-hydrogen) atoms.